The average Bonchev–Trinajstić information content (AvgIpc) is 2.95. The first-order valence-corrected chi connectivity index (χ1v) is 7.80. The third-order valence-corrected chi connectivity index (χ3v) is 4.56. The van der Waals surface area contributed by atoms with Gasteiger partial charge in [0.25, 0.3) is 0 Å². The molecule has 0 unspecified atom stereocenters. The van der Waals surface area contributed by atoms with E-state index in [1.54, 1.807) is 11.0 Å². The van der Waals surface area contributed by atoms with Gasteiger partial charge in [0.2, 0.25) is 11.9 Å². The summed E-state index contributed by atoms with van der Waals surface area (Å²) in [6.45, 7) is 2.57. The third kappa shape index (κ3) is 3.32. The van der Waals surface area contributed by atoms with Crippen LogP contribution >= 0.6 is 23.2 Å². The summed E-state index contributed by atoms with van der Waals surface area (Å²) in [5.74, 6) is 0.0588. The number of nitrogen functional groups attached to an aromatic ring is 1. The highest BCUT2D eigenvalue weighted by molar-refractivity contribution is 6.43. The lowest BCUT2D eigenvalue weighted by molar-refractivity contribution is -0.132. The second-order valence-corrected chi connectivity index (χ2v) is 5.92. The number of rotatable bonds is 3. The molecule has 1 saturated heterocycles. The number of amides is 1. The first kappa shape index (κ1) is 15.8. The molecule has 0 aliphatic carbocycles. The Kier molecular flexibility index (Phi) is 4.53. The van der Waals surface area contributed by atoms with E-state index in [1.165, 1.54) is 4.68 Å². The van der Waals surface area contributed by atoms with E-state index in [-0.39, 0.29) is 18.4 Å². The van der Waals surface area contributed by atoms with Gasteiger partial charge in [-0.15, -0.1) is 0 Å². The van der Waals surface area contributed by atoms with Crippen LogP contribution in [0.15, 0.2) is 18.2 Å². The molecule has 1 aromatic carbocycles. The largest absolute Gasteiger partial charge is 0.367 e. The van der Waals surface area contributed by atoms with Crippen molar-refractivity contribution in [1.29, 1.82) is 0 Å². The molecule has 1 aliphatic heterocycles. The quantitative estimate of drug-likeness (QED) is 0.879. The van der Waals surface area contributed by atoms with Gasteiger partial charge in [0.15, 0.2) is 0 Å². The monoisotopic (exact) mass is 355 g/mol. The minimum Gasteiger partial charge on any atom is -0.367 e. The van der Waals surface area contributed by atoms with Crippen molar-refractivity contribution >= 4 is 40.7 Å². The van der Waals surface area contributed by atoms with Crippen LogP contribution < -0.4 is 10.6 Å². The summed E-state index contributed by atoms with van der Waals surface area (Å²) in [5.41, 5.74) is 6.45. The molecule has 23 heavy (non-hydrogen) atoms. The summed E-state index contributed by atoms with van der Waals surface area (Å²) >= 11 is 12.3. The maximum absolute atomic E-state index is 12.3. The van der Waals surface area contributed by atoms with E-state index in [0.717, 1.165) is 5.69 Å². The van der Waals surface area contributed by atoms with Crippen LogP contribution in [0.3, 0.4) is 0 Å². The Morgan fingerprint density at radius 1 is 1.22 bits per heavy atom. The smallest absolute Gasteiger partial charge is 0.244 e. The van der Waals surface area contributed by atoms with Gasteiger partial charge >= 0.3 is 0 Å². The molecule has 2 heterocycles. The molecule has 1 amide bonds. The van der Waals surface area contributed by atoms with Crippen molar-refractivity contribution in [1.82, 2.24) is 25.1 Å². The molecule has 1 fully saturated rings. The third-order valence-electron chi connectivity index (χ3n) is 3.75. The molecule has 0 atom stereocenters. The second-order valence-electron chi connectivity index (χ2n) is 5.14. The number of carbonyl (C=O) groups excluding carboxylic acids is 1. The standard InChI is InChI=1S/C13H15Cl2N7O/c14-9-2-1-3-10(12(9)15)20-4-6-21(7-5-20)11(23)8-22-13(16)17-18-19-22/h1-3H,4-8H2,(H2,16,17,19). The molecular weight excluding hydrogens is 341 g/mol. The Bertz CT molecular complexity index is 712. The molecule has 0 radical (unpaired) electrons. The van der Waals surface area contributed by atoms with E-state index in [0.29, 0.717) is 36.2 Å². The van der Waals surface area contributed by atoms with Crippen molar-refractivity contribution in [2.45, 2.75) is 6.54 Å². The molecule has 8 nitrogen and oxygen atoms in total. The Morgan fingerprint density at radius 2 is 1.96 bits per heavy atom. The fourth-order valence-electron chi connectivity index (χ4n) is 2.49. The first-order chi connectivity index (χ1) is 11.1. The number of aromatic nitrogens is 4. The lowest BCUT2D eigenvalue weighted by Gasteiger charge is -2.36. The zero-order valence-electron chi connectivity index (χ0n) is 12.2. The van der Waals surface area contributed by atoms with E-state index < -0.39 is 0 Å². The predicted molar refractivity (Wildman–Crippen MR) is 87.5 cm³/mol. The van der Waals surface area contributed by atoms with E-state index in [1.807, 2.05) is 12.1 Å². The zero-order valence-corrected chi connectivity index (χ0v) is 13.7. The molecule has 2 N–H and O–H groups in total. The van der Waals surface area contributed by atoms with Gasteiger partial charge in [0.1, 0.15) is 6.54 Å². The minimum absolute atomic E-state index is 0.0384. The van der Waals surface area contributed by atoms with Crippen LogP contribution in [-0.4, -0.2) is 57.2 Å². The summed E-state index contributed by atoms with van der Waals surface area (Å²) in [6.07, 6.45) is 0. The van der Waals surface area contributed by atoms with Crippen LogP contribution in [0.25, 0.3) is 0 Å². The van der Waals surface area contributed by atoms with Gasteiger partial charge in [-0.25, -0.2) is 4.68 Å². The maximum Gasteiger partial charge on any atom is 0.244 e. The maximum atomic E-state index is 12.3. The number of benzene rings is 1. The fourth-order valence-corrected chi connectivity index (χ4v) is 2.90. The van der Waals surface area contributed by atoms with Gasteiger partial charge in [-0.3, -0.25) is 4.79 Å². The van der Waals surface area contributed by atoms with Crippen LogP contribution in [0, 0.1) is 0 Å². The molecular formula is C13H15Cl2N7O. The number of hydrogen-bond acceptors (Lipinski definition) is 6. The van der Waals surface area contributed by atoms with Gasteiger partial charge in [-0.05, 0) is 22.6 Å². The number of halogens is 2. The van der Waals surface area contributed by atoms with Gasteiger partial charge in [-0.1, -0.05) is 34.4 Å². The normalized spacial score (nSPS) is 15.0. The number of carbonyl (C=O) groups is 1. The minimum atomic E-state index is -0.0687. The molecule has 1 aromatic heterocycles. The van der Waals surface area contributed by atoms with Crippen molar-refractivity contribution in [3.05, 3.63) is 28.2 Å². The Morgan fingerprint density at radius 3 is 2.61 bits per heavy atom. The highest BCUT2D eigenvalue weighted by Gasteiger charge is 2.23. The molecule has 122 valence electrons. The summed E-state index contributed by atoms with van der Waals surface area (Å²) < 4.78 is 1.28. The lowest BCUT2D eigenvalue weighted by atomic mass is 10.2. The summed E-state index contributed by atoms with van der Waals surface area (Å²) in [6, 6.07) is 5.54. The molecule has 3 rings (SSSR count). The lowest BCUT2D eigenvalue weighted by Crippen LogP contribution is -2.49. The zero-order chi connectivity index (χ0) is 16.4. The fraction of sp³-hybridized carbons (Fsp3) is 0.385. The van der Waals surface area contributed by atoms with Crippen LogP contribution in [0.5, 0.6) is 0 Å². The molecule has 0 saturated carbocycles. The number of anilines is 2. The van der Waals surface area contributed by atoms with Crippen molar-refractivity contribution in [3.8, 4) is 0 Å². The molecule has 10 heteroatoms. The number of hydrogen-bond donors (Lipinski definition) is 1. The number of nitrogens with zero attached hydrogens (tertiary/aromatic N) is 6. The van der Waals surface area contributed by atoms with Crippen LogP contribution in [0.2, 0.25) is 10.0 Å². The van der Waals surface area contributed by atoms with Crippen molar-refractivity contribution < 1.29 is 4.79 Å². The topological polar surface area (TPSA) is 93.2 Å². The first-order valence-electron chi connectivity index (χ1n) is 7.04. The number of tetrazole rings is 1. The van der Waals surface area contributed by atoms with Crippen molar-refractivity contribution in [2.24, 2.45) is 0 Å². The number of piperazine rings is 1. The Hall–Kier alpha value is -2.06. The van der Waals surface area contributed by atoms with Crippen LogP contribution in [0.1, 0.15) is 0 Å². The van der Waals surface area contributed by atoms with Crippen LogP contribution in [-0.2, 0) is 11.3 Å². The van der Waals surface area contributed by atoms with E-state index in [2.05, 4.69) is 20.4 Å². The molecule has 0 spiro atoms. The van der Waals surface area contributed by atoms with Gasteiger partial charge in [-0.2, -0.15) is 0 Å². The van der Waals surface area contributed by atoms with Gasteiger partial charge in [0.05, 0.1) is 15.7 Å². The molecule has 1 aliphatic rings. The summed E-state index contributed by atoms with van der Waals surface area (Å²) in [4.78, 5) is 16.1. The van der Waals surface area contributed by atoms with Gasteiger partial charge in [0, 0.05) is 26.2 Å². The van der Waals surface area contributed by atoms with Crippen LogP contribution in [0.4, 0.5) is 11.6 Å². The summed E-state index contributed by atoms with van der Waals surface area (Å²) in [7, 11) is 0. The SMILES string of the molecule is Nc1nnnn1CC(=O)N1CCN(c2cccc(Cl)c2Cl)CC1. The second kappa shape index (κ2) is 6.59. The Labute approximate surface area is 142 Å². The van der Waals surface area contributed by atoms with Gasteiger partial charge < -0.3 is 15.5 Å². The van der Waals surface area contributed by atoms with E-state index in [4.69, 9.17) is 28.9 Å². The molecule has 0 bridgehead atoms. The molecule has 2 aromatic rings. The Balaban J connectivity index is 1.61. The van der Waals surface area contributed by atoms with Crippen molar-refractivity contribution in [3.63, 3.8) is 0 Å². The highest BCUT2D eigenvalue weighted by Crippen LogP contribution is 2.32. The predicted octanol–water partition coefficient (Wildman–Crippen LogP) is 0.911. The summed E-state index contributed by atoms with van der Waals surface area (Å²) in [5, 5.41) is 11.7. The average molecular weight is 356 g/mol. The van der Waals surface area contributed by atoms with E-state index >= 15 is 0 Å². The van der Waals surface area contributed by atoms with E-state index in [9.17, 15) is 4.79 Å². The number of nitrogens with two attached hydrogens (primary N) is 1. The van der Waals surface area contributed by atoms with Crippen molar-refractivity contribution in [2.75, 3.05) is 36.8 Å². The highest BCUT2D eigenvalue weighted by atomic mass is 35.5.